The smallest absolute Gasteiger partial charge is 0.231 e. The summed E-state index contributed by atoms with van der Waals surface area (Å²) >= 11 is 1.40. The van der Waals surface area contributed by atoms with E-state index in [1.54, 1.807) is 19.1 Å². The van der Waals surface area contributed by atoms with Gasteiger partial charge in [-0.2, -0.15) is 0 Å². The Morgan fingerprint density at radius 1 is 1.25 bits per heavy atom. The Kier molecular flexibility index (Phi) is 4.34. The van der Waals surface area contributed by atoms with Gasteiger partial charge < -0.3 is 4.74 Å². The normalized spacial score (nSPS) is 10.7. The standard InChI is InChI=1S/C14H17N3O2S/c1-9(2)13(18)17(3)14-16-15-12(20-14)10-5-7-11(19-4)8-6-10/h5-9H,1-4H3. The van der Waals surface area contributed by atoms with Gasteiger partial charge >= 0.3 is 0 Å². The van der Waals surface area contributed by atoms with Gasteiger partial charge in [-0.1, -0.05) is 25.2 Å². The van der Waals surface area contributed by atoms with Crippen LogP contribution in [-0.2, 0) is 4.79 Å². The second kappa shape index (κ2) is 6.00. The minimum atomic E-state index is -0.0617. The first kappa shape index (κ1) is 14.5. The quantitative estimate of drug-likeness (QED) is 0.869. The lowest BCUT2D eigenvalue weighted by molar-refractivity contribution is -0.121. The number of rotatable bonds is 4. The molecule has 5 nitrogen and oxygen atoms in total. The van der Waals surface area contributed by atoms with Crippen LogP contribution < -0.4 is 9.64 Å². The molecule has 1 aromatic heterocycles. The van der Waals surface area contributed by atoms with E-state index in [-0.39, 0.29) is 11.8 Å². The number of aromatic nitrogens is 2. The zero-order valence-electron chi connectivity index (χ0n) is 12.0. The summed E-state index contributed by atoms with van der Waals surface area (Å²) in [5.41, 5.74) is 0.958. The second-order valence-electron chi connectivity index (χ2n) is 4.67. The van der Waals surface area contributed by atoms with Crippen LogP contribution in [0.3, 0.4) is 0 Å². The zero-order chi connectivity index (χ0) is 14.7. The molecule has 0 aliphatic carbocycles. The van der Waals surface area contributed by atoms with Crippen LogP contribution in [0.2, 0.25) is 0 Å². The van der Waals surface area contributed by atoms with Gasteiger partial charge in [-0.3, -0.25) is 9.69 Å². The SMILES string of the molecule is COc1ccc(-c2nnc(N(C)C(=O)C(C)C)s2)cc1. The van der Waals surface area contributed by atoms with E-state index in [9.17, 15) is 4.79 Å². The molecule has 106 valence electrons. The summed E-state index contributed by atoms with van der Waals surface area (Å²) in [6.45, 7) is 3.73. The van der Waals surface area contributed by atoms with Crippen LogP contribution in [-0.4, -0.2) is 30.3 Å². The Labute approximate surface area is 122 Å². The Balaban J connectivity index is 2.21. The minimum Gasteiger partial charge on any atom is -0.497 e. The molecule has 0 saturated heterocycles. The van der Waals surface area contributed by atoms with Crippen molar-refractivity contribution in [2.24, 2.45) is 5.92 Å². The number of nitrogens with zero attached hydrogens (tertiary/aromatic N) is 3. The summed E-state index contributed by atoms with van der Waals surface area (Å²) in [6.07, 6.45) is 0. The van der Waals surface area contributed by atoms with Crippen LogP contribution in [0.25, 0.3) is 10.6 Å². The number of benzene rings is 1. The number of carbonyl (C=O) groups is 1. The average molecular weight is 291 g/mol. The highest BCUT2D eigenvalue weighted by atomic mass is 32.1. The van der Waals surface area contributed by atoms with Crippen LogP contribution in [0.4, 0.5) is 5.13 Å². The fraction of sp³-hybridized carbons (Fsp3) is 0.357. The molecule has 1 aromatic carbocycles. The van der Waals surface area contributed by atoms with E-state index >= 15 is 0 Å². The van der Waals surface area contributed by atoms with Crippen molar-refractivity contribution in [3.8, 4) is 16.3 Å². The van der Waals surface area contributed by atoms with Crippen molar-refractivity contribution in [3.63, 3.8) is 0 Å². The van der Waals surface area contributed by atoms with Gasteiger partial charge in [-0.25, -0.2) is 0 Å². The molecule has 0 aliphatic heterocycles. The molecule has 0 aliphatic rings. The van der Waals surface area contributed by atoms with Gasteiger partial charge in [0.2, 0.25) is 11.0 Å². The second-order valence-corrected chi connectivity index (χ2v) is 5.63. The molecule has 2 rings (SSSR count). The Bertz CT molecular complexity index is 593. The molecule has 0 N–H and O–H groups in total. The van der Waals surface area contributed by atoms with Gasteiger partial charge in [0.1, 0.15) is 10.8 Å². The van der Waals surface area contributed by atoms with Crippen molar-refractivity contribution < 1.29 is 9.53 Å². The zero-order valence-corrected chi connectivity index (χ0v) is 12.8. The highest BCUT2D eigenvalue weighted by molar-refractivity contribution is 7.18. The van der Waals surface area contributed by atoms with E-state index in [1.807, 2.05) is 38.1 Å². The largest absolute Gasteiger partial charge is 0.497 e. The van der Waals surface area contributed by atoms with E-state index < -0.39 is 0 Å². The van der Waals surface area contributed by atoms with Gasteiger partial charge in [0.15, 0.2) is 0 Å². The molecule has 0 unspecified atom stereocenters. The van der Waals surface area contributed by atoms with Crippen LogP contribution in [0.1, 0.15) is 13.8 Å². The lowest BCUT2D eigenvalue weighted by atomic mass is 10.2. The minimum absolute atomic E-state index is 0.0300. The Morgan fingerprint density at radius 2 is 1.90 bits per heavy atom. The summed E-state index contributed by atoms with van der Waals surface area (Å²) < 4.78 is 5.12. The highest BCUT2D eigenvalue weighted by Gasteiger charge is 2.18. The number of amides is 1. The maximum absolute atomic E-state index is 11.9. The van der Waals surface area contributed by atoms with E-state index in [0.717, 1.165) is 16.3 Å². The average Bonchev–Trinajstić information content (AvgIpc) is 2.95. The fourth-order valence-corrected chi connectivity index (χ4v) is 2.50. The van der Waals surface area contributed by atoms with Gasteiger partial charge in [0, 0.05) is 18.5 Å². The van der Waals surface area contributed by atoms with Crippen LogP contribution in [0.15, 0.2) is 24.3 Å². The first-order chi connectivity index (χ1) is 9.52. The number of hydrogen-bond donors (Lipinski definition) is 0. The molecule has 0 saturated carbocycles. The van der Waals surface area contributed by atoms with Crippen LogP contribution in [0.5, 0.6) is 5.75 Å². The molecule has 0 fully saturated rings. The van der Waals surface area contributed by atoms with Gasteiger partial charge in [-0.05, 0) is 24.3 Å². The first-order valence-electron chi connectivity index (χ1n) is 6.28. The molecule has 6 heteroatoms. The van der Waals surface area contributed by atoms with E-state index in [2.05, 4.69) is 10.2 Å². The molecule has 0 atom stereocenters. The predicted molar refractivity (Wildman–Crippen MR) is 80.1 cm³/mol. The van der Waals surface area contributed by atoms with Crippen LogP contribution >= 0.6 is 11.3 Å². The number of anilines is 1. The highest BCUT2D eigenvalue weighted by Crippen LogP contribution is 2.29. The summed E-state index contributed by atoms with van der Waals surface area (Å²) in [6, 6.07) is 7.60. The third-order valence-electron chi connectivity index (χ3n) is 2.86. The molecule has 0 bridgehead atoms. The lowest BCUT2D eigenvalue weighted by Crippen LogP contribution is -2.30. The van der Waals surface area contributed by atoms with Crippen molar-refractivity contribution in [2.75, 3.05) is 19.1 Å². The maximum Gasteiger partial charge on any atom is 0.231 e. The van der Waals surface area contributed by atoms with Crippen molar-refractivity contribution in [1.82, 2.24) is 10.2 Å². The van der Waals surface area contributed by atoms with Crippen molar-refractivity contribution >= 4 is 22.4 Å². The molecule has 0 spiro atoms. The monoisotopic (exact) mass is 291 g/mol. The molecule has 2 aromatic rings. The number of hydrogen-bond acceptors (Lipinski definition) is 5. The topological polar surface area (TPSA) is 55.3 Å². The summed E-state index contributed by atoms with van der Waals surface area (Å²) in [4.78, 5) is 13.5. The number of ether oxygens (including phenoxy) is 1. The van der Waals surface area contributed by atoms with Gasteiger partial charge in [0.05, 0.1) is 7.11 Å². The third kappa shape index (κ3) is 2.96. The predicted octanol–water partition coefficient (Wildman–Crippen LogP) is 2.83. The van der Waals surface area contributed by atoms with Gasteiger partial charge in [0.25, 0.3) is 0 Å². The molecule has 1 amide bonds. The summed E-state index contributed by atoms with van der Waals surface area (Å²) in [5.74, 6) is 0.765. The van der Waals surface area contributed by atoms with Crippen molar-refractivity contribution in [3.05, 3.63) is 24.3 Å². The Morgan fingerprint density at radius 3 is 2.45 bits per heavy atom. The first-order valence-corrected chi connectivity index (χ1v) is 7.10. The van der Waals surface area contributed by atoms with Crippen LogP contribution in [0, 0.1) is 5.92 Å². The third-order valence-corrected chi connectivity index (χ3v) is 3.91. The molecular weight excluding hydrogens is 274 g/mol. The van der Waals surface area contributed by atoms with Crippen molar-refractivity contribution in [2.45, 2.75) is 13.8 Å². The summed E-state index contributed by atoms with van der Waals surface area (Å²) in [7, 11) is 3.35. The number of methoxy groups -OCH3 is 1. The molecule has 0 radical (unpaired) electrons. The lowest BCUT2D eigenvalue weighted by Gasteiger charge is -2.14. The van der Waals surface area contributed by atoms with E-state index in [0.29, 0.717) is 5.13 Å². The molecule has 20 heavy (non-hydrogen) atoms. The summed E-state index contributed by atoms with van der Waals surface area (Å²) in [5, 5.41) is 9.61. The fourth-order valence-electron chi connectivity index (χ4n) is 1.68. The Hall–Kier alpha value is -1.95. The van der Waals surface area contributed by atoms with E-state index in [1.165, 1.54) is 11.3 Å². The number of carbonyl (C=O) groups excluding carboxylic acids is 1. The molecular formula is C14H17N3O2S. The van der Waals surface area contributed by atoms with Gasteiger partial charge in [-0.15, -0.1) is 10.2 Å². The van der Waals surface area contributed by atoms with E-state index in [4.69, 9.17) is 4.74 Å². The van der Waals surface area contributed by atoms with Crippen molar-refractivity contribution in [1.29, 1.82) is 0 Å². The molecule has 1 heterocycles. The maximum atomic E-state index is 11.9.